The van der Waals surface area contributed by atoms with E-state index in [0.29, 0.717) is 5.92 Å². The van der Waals surface area contributed by atoms with Gasteiger partial charge in [-0.05, 0) is 61.8 Å². The summed E-state index contributed by atoms with van der Waals surface area (Å²) in [4.78, 5) is 0. The van der Waals surface area contributed by atoms with Crippen molar-refractivity contribution in [1.82, 2.24) is 0 Å². The largest absolute Gasteiger partial charge is 0.494 e. The molecular formula is C21H28O. The predicted molar refractivity (Wildman–Crippen MR) is 94.8 cm³/mol. The van der Waals surface area contributed by atoms with Gasteiger partial charge in [-0.15, -0.1) is 0 Å². The lowest BCUT2D eigenvalue weighted by atomic mass is 10.0. The summed E-state index contributed by atoms with van der Waals surface area (Å²) in [5.74, 6) is 1.57. The van der Waals surface area contributed by atoms with Crippen LogP contribution in [-0.2, 0) is 6.42 Å². The van der Waals surface area contributed by atoms with Crippen molar-refractivity contribution in [3.05, 3.63) is 65.2 Å². The second kappa shape index (κ2) is 8.63. The fraction of sp³-hybridized carbons (Fsp3) is 0.429. The molecule has 1 heteroatoms. The third-order valence-corrected chi connectivity index (χ3v) is 4.05. The molecule has 0 heterocycles. The van der Waals surface area contributed by atoms with Crippen LogP contribution in [0.15, 0.2) is 48.5 Å². The predicted octanol–water partition coefficient (Wildman–Crippen LogP) is 5.91. The number of unbranched alkanes of at least 4 members (excludes halogenated alkanes) is 2. The van der Waals surface area contributed by atoms with Gasteiger partial charge in [0.15, 0.2) is 0 Å². The molecule has 0 saturated heterocycles. The van der Waals surface area contributed by atoms with Gasteiger partial charge in [-0.1, -0.05) is 55.8 Å². The molecule has 0 bridgehead atoms. The monoisotopic (exact) mass is 296 g/mol. The topological polar surface area (TPSA) is 9.23 Å². The van der Waals surface area contributed by atoms with Crippen LogP contribution in [0.25, 0.3) is 0 Å². The molecule has 0 fully saturated rings. The molecule has 0 aromatic heterocycles. The minimum absolute atomic E-state index is 0.579. The molecule has 1 nitrogen and oxygen atoms in total. The molecule has 2 rings (SSSR count). The summed E-state index contributed by atoms with van der Waals surface area (Å²) in [6, 6.07) is 17.4. The van der Waals surface area contributed by atoms with Gasteiger partial charge in [0.05, 0.1) is 6.61 Å². The third kappa shape index (κ3) is 5.55. The van der Waals surface area contributed by atoms with Crippen molar-refractivity contribution in [1.29, 1.82) is 0 Å². The lowest BCUT2D eigenvalue weighted by Crippen LogP contribution is -1.98. The van der Waals surface area contributed by atoms with Gasteiger partial charge >= 0.3 is 0 Å². The van der Waals surface area contributed by atoms with E-state index < -0.39 is 0 Å². The molecule has 0 aliphatic rings. The van der Waals surface area contributed by atoms with E-state index in [4.69, 9.17) is 4.74 Å². The summed E-state index contributed by atoms with van der Waals surface area (Å²) >= 11 is 0. The van der Waals surface area contributed by atoms with E-state index in [2.05, 4.69) is 69.3 Å². The van der Waals surface area contributed by atoms with Crippen molar-refractivity contribution < 1.29 is 4.74 Å². The molecular weight excluding hydrogens is 268 g/mol. The summed E-state index contributed by atoms with van der Waals surface area (Å²) in [5.41, 5.74) is 4.14. The number of hydrogen-bond acceptors (Lipinski definition) is 1. The maximum absolute atomic E-state index is 5.81. The van der Waals surface area contributed by atoms with E-state index in [9.17, 15) is 0 Å². The smallest absolute Gasteiger partial charge is 0.119 e. The Balaban J connectivity index is 1.60. The lowest BCUT2D eigenvalue weighted by molar-refractivity contribution is 0.305. The Morgan fingerprint density at radius 2 is 1.50 bits per heavy atom. The summed E-state index contributed by atoms with van der Waals surface area (Å²) in [6.45, 7) is 7.37. The van der Waals surface area contributed by atoms with Gasteiger partial charge in [0.2, 0.25) is 0 Å². The number of benzene rings is 2. The van der Waals surface area contributed by atoms with Crippen LogP contribution in [0, 0.1) is 6.92 Å². The van der Waals surface area contributed by atoms with Crippen molar-refractivity contribution in [3.8, 4) is 5.75 Å². The van der Waals surface area contributed by atoms with Crippen molar-refractivity contribution >= 4 is 0 Å². The molecule has 0 amide bonds. The Bertz CT molecular complexity index is 537. The average Bonchev–Trinajstić information content (AvgIpc) is 2.53. The number of rotatable bonds is 8. The summed E-state index contributed by atoms with van der Waals surface area (Å²) in [5, 5.41) is 0. The minimum atomic E-state index is 0.579. The Kier molecular flexibility index (Phi) is 6.51. The first-order chi connectivity index (χ1) is 10.6. The quantitative estimate of drug-likeness (QED) is 0.550. The standard InChI is InChI=1S/C21H28O/c1-17(2)20-12-14-21(15-13-20)22-16-6-4-5-7-19-10-8-18(3)9-11-19/h8-15,17H,4-7,16H2,1-3H3. The van der Waals surface area contributed by atoms with Crippen molar-refractivity contribution in [2.75, 3.05) is 6.61 Å². The zero-order chi connectivity index (χ0) is 15.8. The van der Waals surface area contributed by atoms with E-state index in [-0.39, 0.29) is 0 Å². The van der Waals surface area contributed by atoms with Crippen molar-refractivity contribution in [2.45, 2.75) is 52.4 Å². The maximum atomic E-state index is 5.81. The molecule has 118 valence electrons. The Labute approximate surface area is 135 Å². The molecule has 22 heavy (non-hydrogen) atoms. The van der Waals surface area contributed by atoms with Gasteiger partial charge < -0.3 is 4.74 Å². The minimum Gasteiger partial charge on any atom is -0.494 e. The van der Waals surface area contributed by atoms with Gasteiger partial charge in [-0.2, -0.15) is 0 Å². The van der Waals surface area contributed by atoms with Gasteiger partial charge in [0, 0.05) is 0 Å². The molecule has 0 unspecified atom stereocenters. The first kappa shape index (κ1) is 16.6. The molecule has 0 N–H and O–H groups in total. The van der Waals surface area contributed by atoms with Gasteiger partial charge in [-0.25, -0.2) is 0 Å². The van der Waals surface area contributed by atoms with E-state index in [1.165, 1.54) is 36.0 Å². The molecule has 2 aromatic carbocycles. The third-order valence-electron chi connectivity index (χ3n) is 4.05. The van der Waals surface area contributed by atoms with Crippen LogP contribution < -0.4 is 4.74 Å². The van der Waals surface area contributed by atoms with Crippen LogP contribution in [0.3, 0.4) is 0 Å². The van der Waals surface area contributed by atoms with Crippen LogP contribution in [0.5, 0.6) is 5.75 Å². The molecule has 0 spiro atoms. The van der Waals surface area contributed by atoms with Crippen molar-refractivity contribution in [3.63, 3.8) is 0 Å². The second-order valence-corrected chi connectivity index (χ2v) is 6.37. The SMILES string of the molecule is Cc1ccc(CCCCCOc2ccc(C(C)C)cc2)cc1. The van der Waals surface area contributed by atoms with Crippen LogP contribution in [-0.4, -0.2) is 6.61 Å². The van der Waals surface area contributed by atoms with E-state index in [1.807, 2.05) is 0 Å². The van der Waals surface area contributed by atoms with Gasteiger partial charge in [-0.3, -0.25) is 0 Å². The van der Waals surface area contributed by atoms with E-state index >= 15 is 0 Å². The first-order valence-electron chi connectivity index (χ1n) is 8.43. The molecule has 0 atom stereocenters. The maximum Gasteiger partial charge on any atom is 0.119 e. The molecule has 0 saturated carbocycles. The lowest BCUT2D eigenvalue weighted by Gasteiger charge is -2.09. The Hall–Kier alpha value is -1.76. The van der Waals surface area contributed by atoms with Crippen LogP contribution in [0.4, 0.5) is 0 Å². The molecule has 0 aliphatic carbocycles. The van der Waals surface area contributed by atoms with Gasteiger partial charge in [0.25, 0.3) is 0 Å². The summed E-state index contributed by atoms with van der Waals surface area (Å²) in [7, 11) is 0. The number of ether oxygens (including phenoxy) is 1. The highest BCUT2D eigenvalue weighted by atomic mass is 16.5. The van der Waals surface area contributed by atoms with Crippen molar-refractivity contribution in [2.24, 2.45) is 0 Å². The Morgan fingerprint density at radius 3 is 2.14 bits per heavy atom. The molecule has 0 radical (unpaired) electrons. The highest BCUT2D eigenvalue weighted by Gasteiger charge is 1.99. The van der Waals surface area contributed by atoms with E-state index in [0.717, 1.165) is 18.8 Å². The summed E-state index contributed by atoms with van der Waals surface area (Å²) in [6.07, 6.45) is 4.75. The normalized spacial score (nSPS) is 10.9. The molecule has 0 aliphatic heterocycles. The highest BCUT2D eigenvalue weighted by molar-refractivity contribution is 5.28. The van der Waals surface area contributed by atoms with Crippen LogP contribution >= 0.6 is 0 Å². The fourth-order valence-corrected chi connectivity index (χ4v) is 2.50. The van der Waals surface area contributed by atoms with E-state index in [1.54, 1.807) is 0 Å². The number of aryl methyl sites for hydroxylation is 2. The highest BCUT2D eigenvalue weighted by Crippen LogP contribution is 2.18. The van der Waals surface area contributed by atoms with Crippen LogP contribution in [0.1, 0.15) is 55.7 Å². The zero-order valence-electron chi connectivity index (χ0n) is 14.1. The van der Waals surface area contributed by atoms with Crippen LogP contribution in [0.2, 0.25) is 0 Å². The Morgan fingerprint density at radius 1 is 0.818 bits per heavy atom. The molecule has 2 aromatic rings. The summed E-state index contributed by atoms with van der Waals surface area (Å²) < 4.78 is 5.81. The number of hydrogen-bond donors (Lipinski definition) is 0. The second-order valence-electron chi connectivity index (χ2n) is 6.37. The zero-order valence-corrected chi connectivity index (χ0v) is 14.1. The first-order valence-corrected chi connectivity index (χ1v) is 8.43. The average molecular weight is 296 g/mol. The van der Waals surface area contributed by atoms with Gasteiger partial charge in [0.1, 0.15) is 5.75 Å². The fourth-order valence-electron chi connectivity index (χ4n) is 2.50.